The zero-order valence-corrected chi connectivity index (χ0v) is 11.6. The summed E-state index contributed by atoms with van der Waals surface area (Å²) in [6.07, 6.45) is 11.6. The van der Waals surface area contributed by atoms with E-state index in [-0.39, 0.29) is 0 Å². The maximum Gasteiger partial charge on any atom is 0.0249 e. The maximum atomic E-state index is 3.61. The van der Waals surface area contributed by atoms with Crippen LogP contribution in [0.25, 0.3) is 0 Å². The Morgan fingerprint density at radius 3 is 2.71 bits per heavy atom. The van der Waals surface area contributed by atoms with Gasteiger partial charge >= 0.3 is 0 Å². The van der Waals surface area contributed by atoms with Crippen LogP contribution in [0.2, 0.25) is 0 Å². The monoisotopic (exact) mass is 238 g/mol. The molecule has 1 aliphatic heterocycles. The third-order valence-corrected chi connectivity index (χ3v) is 4.64. The highest BCUT2D eigenvalue weighted by molar-refractivity contribution is 4.86. The van der Waals surface area contributed by atoms with Gasteiger partial charge in [0.05, 0.1) is 0 Å². The Hall–Kier alpha value is -0.0800. The van der Waals surface area contributed by atoms with E-state index in [1.165, 1.54) is 77.5 Å². The quantitative estimate of drug-likeness (QED) is 0.741. The highest BCUT2D eigenvalue weighted by atomic mass is 15.2. The minimum Gasteiger partial charge on any atom is -0.314 e. The molecule has 0 bridgehead atoms. The van der Waals surface area contributed by atoms with Crippen LogP contribution in [0.1, 0.15) is 58.3 Å². The first-order valence-electron chi connectivity index (χ1n) is 7.86. The summed E-state index contributed by atoms with van der Waals surface area (Å²) in [7, 11) is 0. The second-order valence-electron chi connectivity index (χ2n) is 5.91. The molecule has 1 saturated carbocycles. The summed E-state index contributed by atoms with van der Waals surface area (Å²) < 4.78 is 0. The van der Waals surface area contributed by atoms with Crippen molar-refractivity contribution in [3.8, 4) is 0 Å². The second kappa shape index (κ2) is 7.38. The molecule has 0 radical (unpaired) electrons. The summed E-state index contributed by atoms with van der Waals surface area (Å²) in [6.45, 7) is 7.38. The molecule has 1 saturated heterocycles. The number of unbranched alkanes of at least 4 members (excludes halogenated alkanes) is 2. The van der Waals surface area contributed by atoms with E-state index in [0.29, 0.717) is 0 Å². The van der Waals surface area contributed by atoms with Crippen LogP contribution in [0.3, 0.4) is 0 Å². The van der Waals surface area contributed by atoms with Gasteiger partial charge in [-0.25, -0.2) is 0 Å². The zero-order chi connectivity index (χ0) is 11.9. The Bertz CT molecular complexity index is 199. The Kier molecular flexibility index (Phi) is 5.79. The first-order valence-corrected chi connectivity index (χ1v) is 7.86. The lowest BCUT2D eigenvalue weighted by Crippen LogP contribution is -2.54. The summed E-state index contributed by atoms with van der Waals surface area (Å²) in [5.74, 6) is 0.984. The average molecular weight is 238 g/mol. The summed E-state index contributed by atoms with van der Waals surface area (Å²) in [4.78, 5) is 2.79. The SMILES string of the molecule is CCCCCN1CCNCC1C1CCCCC1. The molecule has 0 aromatic rings. The summed E-state index contributed by atoms with van der Waals surface area (Å²) in [5, 5.41) is 3.61. The molecular weight excluding hydrogens is 208 g/mol. The molecule has 1 heterocycles. The molecular formula is C15H30N2. The Morgan fingerprint density at radius 2 is 1.94 bits per heavy atom. The summed E-state index contributed by atoms with van der Waals surface area (Å²) in [5.41, 5.74) is 0. The third-order valence-electron chi connectivity index (χ3n) is 4.64. The predicted octanol–water partition coefficient (Wildman–Crippen LogP) is 3.03. The molecule has 1 N–H and O–H groups in total. The van der Waals surface area contributed by atoms with Gasteiger partial charge in [-0.1, -0.05) is 39.0 Å². The Morgan fingerprint density at radius 1 is 1.12 bits per heavy atom. The van der Waals surface area contributed by atoms with Gasteiger partial charge in [-0.2, -0.15) is 0 Å². The van der Waals surface area contributed by atoms with Gasteiger partial charge in [-0.3, -0.25) is 4.90 Å². The van der Waals surface area contributed by atoms with Gasteiger partial charge in [0.1, 0.15) is 0 Å². The predicted molar refractivity (Wildman–Crippen MR) is 74.3 cm³/mol. The Balaban J connectivity index is 1.82. The van der Waals surface area contributed by atoms with Crippen LogP contribution < -0.4 is 5.32 Å². The first kappa shape index (κ1) is 13.4. The normalized spacial score (nSPS) is 28.4. The summed E-state index contributed by atoms with van der Waals surface area (Å²) in [6, 6.07) is 0.848. The van der Waals surface area contributed by atoms with Gasteiger partial charge < -0.3 is 5.32 Å². The van der Waals surface area contributed by atoms with Crippen molar-refractivity contribution in [3.05, 3.63) is 0 Å². The molecule has 0 aromatic heterocycles. The molecule has 1 aliphatic carbocycles. The molecule has 100 valence electrons. The fraction of sp³-hybridized carbons (Fsp3) is 1.00. The van der Waals surface area contributed by atoms with Crippen molar-refractivity contribution in [1.82, 2.24) is 10.2 Å². The van der Waals surface area contributed by atoms with E-state index < -0.39 is 0 Å². The van der Waals surface area contributed by atoms with Gasteiger partial charge in [0, 0.05) is 25.7 Å². The van der Waals surface area contributed by atoms with Crippen LogP contribution in [0, 0.1) is 5.92 Å². The average Bonchev–Trinajstić information content (AvgIpc) is 2.41. The van der Waals surface area contributed by atoms with Crippen LogP contribution in [0.4, 0.5) is 0 Å². The number of nitrogens with zero attached hydrogens (tertiary/aromatic N) is 1. The first-order chi connectivity index (χ1) is 8.42. The number of nitrogens with one attached hydrogen (secondary N) is 1. The van der Waals surface area contributed by atoms with Gasteiger partial charge in [-0.15, -0.1) is 0 Å². The van der Waals surface area contributed by atoms with Gasteiger partial charge in [-0.05, 0) is 31.7 Å². The van der Waals surface area contributed by atoms with Gasteiger partial charge in [0.15, 0.2) is 0 Å². The molecule has 0 spiro atoms. The molecule has 1 unspecified atom stereocenters. The minimum absolute atomic E-state index is 0.848. The van der Waals surface area contributed by atoms with E-state index >= 15 is 0 Å². The van der Waals surface area contributed by atoms with E-state index in [9.17, 15) is 0 Å². The van der Waals surface area contributed by atoms with Crippen molar-refractivity contribution in [3.63, 3.8) is 0 Å². The molecule has 17 heavy (non-hydrogen) atoms. The van der Waals surface area contributed by atoms with Crippen LogP contribution in [-0.4, -0.2) is 37.1 Å². The largest absolute Gasteiger partial charge is 0.314 e. The number of hydrogen-bond acceptors (Lipinski definition) is 2. The van der Waals surface area contributed by atoms with Gasteiger partial charge in [0.2, 0.25) is 0 Å². The van der Waals surface area contributed by atoms with Crippen LogP contribution in [-0.2, 0) is 0 Å². The van der Waals surface area contributed by atoms with Crippen molar-refractivity contribution in [2.45, 2.75) is 64.3 Å². The standard InChI is InChI=1S/C15H30N2/c1-2-3-7-11-17-12-10-16-13-15(17)14-8-5-4-6-9-14/h14-16H,2-13H2,1H3. The fourth-order valence-corrected chi connectivity index (χ4v) is 3.59. The van der Waals surface area contributed by atoms with E-state index in [1.807, 2.05) is 0 Å². The van der Waals surface area contributed by atoms with Crippen LogP contribution in [0.5, 0.6) is 0 Å². The summed E-state index contributed by atoms with van der Waals surface area (Å²) >= 11 is 0. The highest BCUT2D eigenvalue weighted by Crippen LogP contribution is 2.29. The number of hydrogen-bond donors (Lipinski definition) is 1. The van der Waals surface area contributed by atoms with Crippen molar-refractivity contribution in [1.29, 1.82) is 0 Å². The molecule has 2 nitrogen and oxygen atoms in total. The molecule has 0 amide bonds. The van der Waals surface area contributed by atoms with Crippen LogP contribution >= 0.6 is 0 Å². The van der Waals surface area contributed by atoms with E-state index in [0.717, 1.165) is 12.0 Å². The van der Waals surface area contributed by atoms with Crippen molar-refractivity contribution in [2.24, 2.45) is 5.92 Å². The molecule has 2 aliphatic rings. The lowest BCUT2D eigenvalue weighted by atomic mass is 9.82. The van der Waals surface area contributed by atoms with E-state index in [1.54, 1.807) is 0 Å². The maximum absolute atomic E-state index is 3.61. The van der Waals surface area contributed by atoms with E-state index in [2.05, 4.69) is 17.1 Å². The van der Waals surface area contributed by atoms with E-state index in [4.69, 9.17) is 0 Å². The molecule has 2 rings (SSSR count). The second-order valence-corrected chi connectivity index (χ2v) is 5.91. The van der Waals surface area contributed by atoms with Gasteiger partial charge in [0.25, 0.3) is 0 Å². The Labute approximate surface area is 107 Å². The number of piperazine rings is 1. The molecule has 2 heteroatoms. The van der Waals surface area contributed by atoms with Crippen molar-refractivity contribution in [2.75, 3.05) is 26.2 Å². The smallest absolute Gasteiger partial charge is 0.0249 e. The van der Waals surface area contributed by atoms with Crippen molar-refractivity contribution >= 4 is 0 Å². The van der Waals surface area contributed by atoms with Crippen LogP contribution in [0.15, 0.2) is 0 Å². The van der Waals surface area contributed by atoms with Crippen molar-refractivity contribution < 1.29 is 0 Å². The zero-order valence-electron chi connectivity index (χ0n) is 11.6. The molecule has 1 atom stereocenters. The minimum atomic E-state index is 0.848. The molecule has 0 aromatic carbocycles. The lowest BCUT2D eigenvalue weighted by Gasteiger charge is -2.42. The molecule has 2 fully saturated rings. The number of rotatable bonds is 5. The third kappa shape index (κ3) is 3.96. The lowest BCUT2D eigenvalue weighted by molar-refractivity contribution is 0.0909. The fourth-order valence-electron chi connectivity index (χ4n) is 3.59. The highest BCUT2D eigenvalue weighted by Gasteiger charge is 2.30. The topological polar surface area (TPSA) is 15.3 Å².